The number of halogens is 3. The first-order chi connectivity index (χ1) is 21.9. The highest BCUT2D eigenvalue weighted by molar-refractivity contribution is 7.92. The fraction of sp³-hybridized carbons (Fsp3) is 0.257. The van der Waals surface area contributed by atoms with Crippen molar-refractivity contribution in [2.75, 3.05) is 10.8 Å². The van der Waals surface area contributed by atoms with E-state index in [0.29, 0.717) is 17.0 Å². The number of amides is 2. The third-order valence-electron chi connectivity index (χ3n) is 7.58. The number of aryl methyl sites for hydroxylation is 1. The Balaban J connectivity index is 1.84. The Morgan fingerprint density at radius 1 is 0.826 bits per heavy atom. The monoisotopic (exact) mass is 699 g/mol. The summed E-state index contributed by atoms with van der Waals surface area (Å²) in [5.74, 6) is -0.978. The topological polar surface area (TPSA) is 86.8 Å². The molecule has 4 rings (SSSR count). The number of rotatable bonds is 13. The molecule has 0 aliphatic carbocycles. The molecule has 0 spiro atoms. The molecule has 0 saturated carbocycles. The number of anilines is 1. The third kappa shape index (κ3) is 9.04. The minimum absolute atomic E-state index is 0.00742. The Kier molecular flexibility index (Phi) is 12.1. The van der Waals surface area contributed by atoms with Crippen LogP contribution in [0.25, 0.3) is 0 Å². The number of nitrogens with one attached hydrogen (secondary N) is 1. The number of nitrogens with zero attached hydrogens (tertiary/aromatic N) is 2. The molecule has 0 heterocycles. The largest absolute Gasteiger partial charge is 0.352 e. The summed E-state index contributed by atoms with van der Waals surface area (Å²) in [5, 5.41) is 3.80. The number of carbonyl (C=O) groups is 2. The summed E-state index contributed by atoms with van der Waals surface area (Å²) >= 11 is 19.2. The third-order valence-corrected chi connectivity index (χ3v) is 10.1. The molecule has 2 amide bonds. The lowest BCUT2D eigenvalue weighted by molar-refractivity contribution is -0.140. The Labute approximate surface area is 286 Å². The molecule has 0 bridgehead atoms. The Morgan fingerprint density at radius 3 is 2.13 bits per heavy atom. The van der Waals surface area contributed by atoms with E-state index in [0.717, 1.165) is 15.4 Å². The summed E-state index contributed by atoms with van der Waals surface area (Å²) in [4.78, 5) is 29.9. The predicted octanol–water partition coefficient (Wildman–Crippen LogP) is 7.71. The number of carbonyl (C=O) groups excluding carboxylic acids is 2. The number of hydrogen-bond acceptors (Lipinski definition) is 4. The van der Waals surface area contributed by atoms with E-state index >= 15 is 0 Å². The van der Waals surface area contributed by atoms with Gasteiger partial charge in [-0.1, -0.05) is 102 Å². The summed E-state index contributed by atoms with van der Waals surface area (Å²) < 4.78 is 29.4. The molecule has 4 aromatic carbocycles. The van der Waals surface area contributed by atoms with Crippen LogP contribution in [0.3, 0.4) is 0 Å². The molecule has 242 valence electrons. The van der Waals surface area contributed by atoms with Crippen molar-refractivity contribution in [1.82, 2.24) is 10.2 Å². The van der Waals surface area contributed by atoms with Crippen molar-refractivity contribution in [1.29, 1.82) is 0 Å². The van der Waals surface area contributed by atoms with Crippen LogP contribution >= 0.6 is 34.8 Å². The summed E-state index contributed by atoms with van der Waals surface area (Å²) in [5.41, 5.74) is 2.40. The molecule has 0 aliphatic heterocycles. The maximum atomic E-state index is 14.6. The molecular weight excluding hydrogens is 665 g/mol. The van der Waals surface area contributed by atoms with Gasteiger partial charge in [-0.05, 0) is 73.9 Å². The number of sulfonamides is 1. The van der Waals surface area contributed by atoms with Crippen LogP contribution in [0.1, 0.15) is 37.0 Å². The minimum atomic E-state index is -4.32. The molecule has 1 N–H and O–H groups in total. The molecule has 0 aliphatic rings. The van der Waals surface area contributed by atoms with Crippen LogP contribution in [0.2, 0.25) is 15.1 Å². The second-order valence-electron chi connectivity index (χ2n) is 11.1. The predicted molar refractivity (Wildman–Crippen MR) is 186 cm³/mol. The summed E-state index contributed by atoms with van der Waals surface area (Å²) in [7, 11) is -4.32. The molecule has 46 heavy (non-hydrogen) atoms. The zero-order valence-corrected chi connectivity index (χ0v) is 28.9. The van der Waals surface area contributed by atoms with E-state index in [1.54, 1.807) is 36.4 Å². The Hall–Kier alpha value is -3.56. The fourth-order valence-electron chi connectivity index (χ4n) is 4.85. The quantitative estimate of drug-likeness (QED) is 0.155. The van der Waals surface area contributed by atoms with Crippen LogP contribution < -0.4 is 9.62 Å². The lowest BCUT2D eigenvalue weighted by Crippen LogP contribution is -2.54. The second kappa shape index (κ2) is 15.8. The van der Waals surface area contributed by atoms with Crippen LogP contribution in [0.4, 0.5) is 5.69 Å². The molecule has 4 aromatic rings. The lowest BCUT2D eigenvalue weighted by atomic mass is 10.0. The van der Waals surface area contributed by atoms with E-state index < -0.39 is 28.5 Å². The van der Waals surface area contributed by atoms with Crippen LogP contribution in [0.5, 0.6) is 0 Å². The van der Waals surface area contributed by atoms with Crippen LogP contribution in [0.15, 0.2) is 102 Å². The molecule has 0 unspecified atom stereocenters. The zero-order chi connectivity index (χ0) is 33.4. The van der Waals surface area contributed by atoms with Gasteiger partial charge in [0, 0.05) is 29.1 Å². The lowest BCUT2D eigenvalue weighted by Gasteiger charge is -2.34. The minimum Gasteiger partial charge on any atom is -0.352 e. The van der Waals surface area contributed by atoms with Gasteiger partial charge in [-0.3, -0.25) is 13.9 Å². The normalized spacial score (nSPS) is 12.7. The Bertz CT molecular complexity index is 1770. The van der Waals surface area contributed by atoms with E-state index in [1.807, 2.05) is 51.1 Å². The molecule has 11 heteroatoms. The van der Waals surface area contributed by atoms with Gasteiger partial charge in [-0.2, -0.15) is 0 Å². The highest BCUT2D eigenvalue weighted by atomic mass is 35.5. The zero-order valence-electron chi connectivity index (χ0n) is 25.8. The van der Waals surface area contributed by atoms with E-state index in [4.69, 9.17) is 34.8 Å². The SMILES string of the molecule is CC[C@H](C)NC(=O)[C@@H](Cc1ccccc1)N(Cc1cccc(Cl)c1)C(=O)CN(c1cc(Cl)ccc1Cl)S(=O)(=O)c1ccc(C)cc1. The average Bonchev–Trinajstić information content (AvgIpc) is 3.03. The average molecular weight is 701 g/mol. The van der Waals surface area contributed by atoms with Gasteiger partial charge in [-0.25, -0.2) is 8.42 Å². The molecule has 0 aromatic heterocycles. The smallest absolute Gasteiger partial charge is 0.264 e. The first-order valence-electron chi connectivity index (χ1n) is 14.8. The highest BCUT2D eigenvalue weighted by Crippen LogP contribution is 2.33. The summed E-state index contributed by atoms with van der Waals surface area (Å²) in [6.45, 7) is 5.02. The Morgan fingerprint density at radius 2 is 1.48 bits per heavy atom. The molecule has 2 atom stereocenters. The standard InChI is InChI=1S/C35H36Cl3N3O4S/c1-4-25(3)39-35(43)33(20-26-9-6-5-7-10-26)40(22-27-11-8-12-28(36)19-27)34(42)23-41(32-21-29(37)15-18-31(32)38)46(44,45)30-16-13-24(2)14-17-30/h5-19,21,25,33H,4,20,22-23H2,1-3H3,(H,39,43)/t25-,33+/m0/s1. The van der Waals surface area contributed by atoms with Crippen molar-refractivity contribution >= 4 is 62.3 Å². The van der Waals surface area contributed by atoms with Gasteiger partial charge >= 0.3 is 0 Å². The van der Waals surface area contributed by atoms with Crippen LogP contribution in [0, 0.1) is 6.92 Å². The summed E-state index contributed by atoms with van der Waals surface area (Å²) in [6, 6.07) is 25.9. The van der Waals surface area contributed by atoms with Crippen molar-refractivity contribution in [2.45, 2.75) is 57.1 Å². The van der Waals surface area contributed by atoms with E-state index in [9.17, 15) is 18.0 Å². The van der Waals surface area contributed by atoms with E-state index in [2.05, 4.69) is 5.32 Å². The summed E-state index contributed by atoms with van der Waals surface area (Å²) in [6.07, 6.45) is 0.875. The molecule has 0 radical (unpaired) electrons. The van der Waals surface area contributed by atoms with Gasteiger partial charge in [-0.15, -0.1) is 0 Å². The van der Waals surface area contributed by atoms with Gasteiger partial charge < -0.3 is 10.2 Å². The van der Waals surface area contributed by atoms with E-state index in [1.165, 1.54) is 35.2 Å². The van der Waals surface area contributed by atoms with Crippen molar-refractivity contribution < 1.29 is 18.0 Å². The highest BCUT2D eigenvalue weighted by Gasteiger charge is 2.35. The molecule has 0 saturated heterocycles. The van der Waals surface area contributed by atoms with E-state index in [-0.39, 0.29) is 45.5 Å². The maximum absolute atomic E-state index is 14.6. The number of benzene rings is 4. The van der Waals surface area contributed by atoms with Gasteiger partial charge in [0.05, 0.1) is 15.6 Å². The first-order valence-corrected chi connectivity index (χ1v) is 17.4. The van der Waals surface area contributed by atoms with Crippen molar-refractivity contribution in [3.63, 3.8) is 0 Å². The van der Waals surface area contributed by atoms with Gasteiger partial charge in [0.2, 0.25) is 11.8 Å². The second-order valence-corrected chi connectivity index (χ2v) is 14.2. The van der Waals surface area contributed by atoms with Gasteiger partial charge in [0.25, 0.3) is 10.0 Å². The van der Waals surface area contributed by atoms with Crippen molar-refractivity contribution in [2.24, 2.45) is 0 Å². The maximum Gasteiger partial charge on any atom is 0.264 e. The van der Waals surface area contributed by atoms with Crippen molar-refractivity contribution in [3.05, 3.63) is 129 Å². The molecule has 0 fully saturated rings. The molecule has 7 nitrogen and oxygen atoms in total. The van der Waals surface area contributed by atoms with Crippen molar-refractivity contribution in [3.8, 4) is 0 Å². The van der Waals surface area contributed by atoms with Crippen LogP contribution in [-0.2, 0) is 32.6 Å². The first kappa shape index (κ1) is 35.3. The molecular formula is C35H36Cl3N3O4S. The van der Waals surface area contributed by atoms with Gasteiger partial charge in [0.15, 0.2) is 0 Å². The van der Waals surface area contributed by atoms with Crippen LogP contribution in [-0.4, -0.2) is 43.8 Å². The van der Waals surface area contributed by atoms with Gasteiger partial charge in [0.1, 0.15) is 12.6 Å². The number of hydrogen-bond donors (Lipinski definition) is 1. The fourth-order valence-corrected chi connectivity index (χ4v) is 6.93.